The highest BCUT2D eigenvalue weighted by Crippen LogP contribution is 2.17. The van der Waals surface area contributed by atoms with E-state index in [9.17, 15) is 4.79 Å². The van der Waals surface area contributed by atoms with Crippen molar-refractivity contribution in [2.75, 3.05) is 11.9 Å². The number of carbonyl (C=O) groups is 1. The van der Waals surface area contributed by atoms with Crippen LogP contribution in [0.1, 0.15) is 21.5 Å². The zero-order chi connectivity index (χ0) is 14.4. The van der Waals surface area contributed by atoms with Crippen molar-refractivity contribution in [2.24, 2.45) is 5.73 Å². The summed E-state index contributed by atoms with van der Waals surface area (Å²) in [6, 6.07) is 9.11. The van der Waals surface area contributed by atoms with Crippen molar-refractivity contribution in [3.63, 3.8) is 0 Å². The summed E-state index contributed by atoms with van der Waals surface area (Å²) in [5.74, 6) is 5.55. The topological polar surface area (TPSA) is 68.0 Å². The largest absolute Gasteiger partial charge is 0.321 e. The summed E-state index contributed by atoms with van der Waals surface area (Å²) >= 11 is 0. The van der Waals surface area contributed by atoms with Gasteiger partial charge in [-0.3, -0.25) is 9.78 Å². The normalized spacial score (nSPS) is 9.50. The standard InChI is InChI=1S/C16H15N3O/c1-12-6-7-15(13(10-12)4-2-8-17)19-16(20)14-5-3-9-18-11-14/h3,5-7,9-11H,8,17H2,1H3,(H,19,20). The molecule has 0 aliphatic carbocycles. The third kappa shape index (κ3) is 3.44. The first kappa shape index (κ1) is 13.8. The average molecular weight is 265 g/mol. The lowest BCUT2D eigenvalue weighted by Gasteiger charge is -2.08. The van der Waals surface area contributed by atoms with E-state index in [1.807, 2.05) is 25.1 Å². The quantitative estimate of drug-likeness (QED) is 0.815. The number of nitrogens with one attached hydrogen (secondary N) is 1. The van der Waals surface area contributed by atoms with E-state index in [4.69, 9.17) is 5.73 Å². The summed E-state index contributed by atoms with van der Waals surface area (Å²) in [6.07, 6.45) is 3.15. The number of anilines is 1. The minimum Gasteiger partial charge on any atom is -0.321 e. The molecule has 0 saturated heterocycles. The fourth-order valence-corrected chi connectivity index (χ4v) is 1.71. The molecule has 1 aromatic heterocycles. The second-order valence-corrected chi connectivity index (χ2v) is 4.25. The van der Waals surface area contributed by atoms with Gasteiger partial charge in [-0.2, -0.15) is 0 Å². The van der Waals surface area contributed by atoms with Gasteiger partial charge in [0.15, 0.2) is 0 Å². The van der Waals surface area contributed by atoms with Crippen molar-refractivity contribution < 1.29 is 4.79 Å². The van der Waals surface area contributed by atoms with Crippen LogP contribution >= 0.6 is 0 Å². The number of pyridine rings is 1. The monoisotopic (exact) mass is 265 g/mol. The lowest BCUT2D eigenvalue weighted by molar-refractivity contribution is 0.102. The number of benzene rings is 1. The summed E-state index contributed by atoms with van der Waals surface area (Å²) in [7, 11) is 0. The summed E-state index contributed by atoms with van der Waals surface area (Å²) in [5, 5.41) is 2.84. The molecule has 4 heteroatoms. The van der Waals surface area contributed by atoms with E-state index in [1.165, 1.54) is 6.20 Å². The Bertz CT molecular complexity index is 669. The lowest BCUT2D eigenvalue weighted by Crippen LogP contribution is -2.13. The molecule has 0 fully saturated rings. The zero-order valence-electron chi connectivity index (χ0n) is 11.2. The Morgan fingerprint density at radius 1 is 1.40 bits per heavy atom. The van der Waals surface area contributed by atoms with Crippen LogP contribution in [0.3, 0.4) is 0 Å². The number of nitrogens with two attached hydrogens (primary N) is 1. The van der Waals surface area contributed by atoms with Gasteiger partial charge >= 0.3 is 0 Å². The van der Waals surface area contributed by atoms with Gasteiger partial charge in [0.25, 0.3) is 5.91 Å². The van der Waals surface area contributed by atoms with Crippen molar-refractivity contribution >= 4 is 11.6 Å². The van der Waals surface area contributed by atoms with Crippen LogP contribution in [0.2, 0.25) is 0 Å². The first-order chi connectivity index (χ1) is 9.70. The Labute approximate surface area is 118 Å². The third-order valence-corrected chi connectivity index (χ3v) is 2.67. The van der Waals surface area contributed by atoms with Gasteiger partial charge in [-0.15, -0.1) is 0 Å². The van der Waals surface area contributed by atoms with Gasteiger partial charge < -0.3 is 11.1 Å². The number of rotatable bonds is 2. The molecule has 0 bridgehead atoms. The molecule has 20 heavy (non-hydrogen) atoms. The van der Waals surface area contributed by atoms with Gasteiger partial charge in [0, 0.05) is 18.0 Å². The molecular formula is C16H15N3O. The number of hydrogen-bond donors (Lipinski definition) is 2. The van der Waals surface area contributed by atoms with Gasteiger partial charge in [0.2, 0.25) is 0 Å². The molecule has 2 rings (SSSR count). The summed E-state index contributed by atoms with van der Waals surface area (Å²) in [5.41, 5.74) is 8.40. The first-order valence-corrected chi connectivity index (χ1v) is 6.21. The van der Waals surface area contributed by atoms with E-state index in [0.29, 0.717) is 11.3 Å². The van der Waals surface area contributed by atoms with Crippen molar-refractivity contribution in [2.45, 2.75) is 6.92 Å². The highest BCUT2D eigenvalue weighted by atomic mass is 16.1. The Morgan fingerprint density at radius 3 is 2.95 bits per heavy atom. The average Bonchev–Trinajstić information content (AvgIpc) is 2.48. The molecule has 0 saturated carbocycles. The minimum absolute atomic E-state index is 0.210. The number of carbonyl (C=O) groups excluding carboxylic acids is 1. The molecule has 1 heterocycles. The van der Waals surface area contributed by atoms with Gasteiger partial charge in [-0.25, -0.2) is 0 Å². The summed E-state index contributed by atoms with van der Waals surface area (Å²) in [6.45, 7) is 2.25. The number of hydrogen-bond acceptors (Lipinski definition) is 3. The SMILES string of the molecule is Cc1ccc(NC(=O)c2cccnc2)c(C#CCN)c1. The Kier molecular flexibility index (Phi) is 4.48. The molecule has 4 nitrogen and oxygen atoms in total. The van der Waals surface area contributed by atoms with Gasteiger partial charge in [-0.05, 0) is 36.8 Å². The summed E-state index contributed by atoms with van der Waals surface area (Å²) < 4.78 is 0. The molecule has 0 aliphatic heterocycles. The van der Waals surface area contributed by atoms with Crippen LogP contribution < -0.4 is 11.1 Å². The van der Waals surface area contributed by atoms with E-state index in [2.05, 4.69) is 22.1 Å². The molecule has 2 aromatic rings. The number of aryl methyl sites for hydroxylation is 1. The molecule has 100 valence electrons. The third-order valence-electron chi connectivity index (χ3n) is 2.67. The van der Waals surface area contributed by atoms with Gasteiger partial charge in [0.05, 0.1) is 17.8 Å². The highest BCUT2D eigenvalue weighted by Gasteiger charge is 2.08. The predicted octanol–water partition coefficient (Wildman–Crippen LogP) is 1.95. The van der Waals surface area contributed by atoms with Crippen LogP contribution in [0.25, 0.3) is 0 Å². The van der Waals surface area contributed by atoms with E-state index in [0.717, 1.165) is 11.1 Å². The molecule has 0 spiro atoms. The fourth-order valence-electron chi connectivity index (χ4n) is 1.71. The number of aromatic nitrogens is 1. The summed E-state index contributed by atoms with van der Waals surface area (Å²) in [4.78, 5) is 16.0. The maximum absolute atomic E-state index is 12.1. The lowest BCUT2D eigenvalue weighted by atomic mass is 10.1. The Hall–Kier alpha value is -2.64. The predicted molar refractivity (Wildman–Crippen MR) is 79.3 cm³/mol. The first-order valence-electron chi connectivity index (χ1n) is 6.21. The molecule has 0 aliphatic rings. The maximum Gasteiger partial charge on any atom is 0.257 e. The molecule has 1 amide bonds. The van der Waals surface area contributed by atoms with Crippen LogP contribution in [0, 0.1) is 18.8 Å². The van der Waals surface area contributed by atoms with Crippen molar-refractivity contribution in [1.29, 1.82) is 0 Å². The molecule has 0 radical (unpaired) electrons. The van der Waals surface area contributed by atoms with E-state index in [-0.39, 0.29) is 12.5 Å². The molecule has 0 unspecified atom stereocenters. The van der Waals surface area contributed by atoms with Crippen molar-refractivity contribution in [1.82, 2.24) is 4.98 Å². The van der Waals surface area contributed by atoms with Crippen LogP contribution in [0.5, 0.6) is 0 Å². The molecule has 3 N–H and O–H groups in total. The molecule has 0 atom stereocenters. The zero-order valence-corrected chi connectivity index (χ0v) is 11.2. The fraction of sp³-hybridized carbons (Fsp3) is 0.125. The smallest absolute Gasteiger partial charge is 0.257 e. The van der Waals surface area contributed by atoms with Crippen molar-refractivity contribution in [3.05, 3.63) is 59.4 Å². The van der Waals surface area contributed by atoms with Crippen LogP contribution in [0.15, 0.2) is 42.7 Å². The number of nitrogens with zero attached hydrogens (tertiary/aromatic N) is 1. The number of amides is 1. The van der Waals surface area contributed by atoms with Crippen LogP contribution in [-0.2, 0) is 0 Å². The van der Waals surface area contributed by atoms with Gasteiger partial charge in [-0.1, -0.05) is 17.9 Å². The Morgan fingerprint density at radius 2 is 2.25 bits per heavy atom. The molecule has 1 aromatic carbocycles. The van der Waals surface area contributed by atoms with Crippen LogP contribution in [-0.4, -0.2) is 17.4 Å². The minimum atomic E-state index is -0.210. The Balaban J connectivity index is 2.27. The van der Waals surface area contributed by atoms with E-state index >= 15 is 0 Å². The highest BCUT2D eigenvalue weighted by molar-refractivity contribution is 6.04. The van der Waals surface area contributed by atoms with Crippen molar-refractivity contribution in [3.8, 4) is 11.8 Å². The second kappa shape index (κ2) is 6.50. The maximum atomic E-state index is 12.1. The van der Waals surface area contributed by atoms with E-state index in [1.54, 1.807) is 18.3 Å². The second-order valence-electron chi connectivity index (χ2n) is 4.25. The van der Waals surface area contributed by atoms with E-state index < -0.39 is 0 Å². The molecular weight excluding hydrogens is 250 g/mol. The van der Waals surface area contributed by atoms with Crippen LogP contribution in [0.4, 0.5) is 5.69 Å². The van der Waals surface area contributed by atoms with Gasteiger partial charge in [0.1, 0.15) is 0 Å².